The first-order chi connectivity index (χ1) is 6.13. The summed E-state index contributed by atoms with van der Waals surface area (Å²) in [4.78, 5) is 0. The first kappa shape index (κ1) is 10.1. The Morgan fingerprint density at radius 1 is 1.54 bits per heavy atom. The molecule has 0 saturated carbocycles. The van der Waals surface area contributed by atoms with Crippen LogP contribution in [0.5, 0.6) is 0 Å². The van der Waals surface area contributed by atoms with E-state index in [0.717, 1.165) is 11.4 Å². The lowest BCUT2D eigenvalue weighted by Gasteiger charge is -2.06. The third-order valence-corrected chi connectivity index (χ3v) is 2.29. The summed E-state index contributed by atoms with van der Waals surface area (Å²) in [7, 11) is 0. The van der Waals surface area contributed by atoms with Crippen molar-refractivity contribution in [3.8, 4) is 6.07 Å². The predicted octanol–water partition coefficient (Wildman–Crippen LogP) is 3.35. The van der Waals surface area contributed by atoms with E-state index >= 15 is 0 Å². The van der Waals surface area contributed by atoms with Gasteiger partial charge in [-0.05, 0) is 43.5 Å². The fourth-order valence-corrected chi connectivity index (χ4v) is 1.43. The van der Waals surface area contributed by atoms with E-state index in [1.807, 2.05) is 32.0 Å². The Bertz CT molecular complexity index is 338. The normalized spacial score (nSPS) is 12.2. The molecule has 1 atom stereocenters. The van der Waals surface area contributed by atoms with Gasteiger partial charge in [0.1, 0.15) is 0 Å². The average Bonchev–Trinajstić information content (AvgIpc) is 2.11. The van der Waals surface area contributed by atoms with Crippen LogP contribution >= 0.6 is 11.6 Å². The molecule has 2 heteroatoms. The lowest BCUT2D eigenvalue weighted by molar-refractivity contribution is 0.735. The number of nitriles is 1. The van der Waals surface area contributed by atoms with Gasteiger partial charge in [-0.15, -0.1) is 0 Å². The Hall–Kier alpha value is -1.00. The van der Waals surface area contributed by atoms with Crippen molar-refractivity contribution < 1.29 is 0 Å². The monoisotopic (exact) mass is 193 g/mol. The molecule has 0 heterocycles. The van der Waals surface area contributed by atoms with Gasteiger partial charge in [0, 0.05) is 10.9 Å². The fourth-order valence-electron chi connectivity index (χ4n) is 1.24. The minimum absolute atomic E-state index is 0.0529. The molecule has 1 nitrogen and oxygen atoms in total. The molecule has 1 rings (SSSR count). The summed E-state index contributed by atoms with van der Waals surface area (Å²) < 4.78 is 0. The highest BCUT2D eigenvalue weighted by atomic mass is 35.5. The van der Waals surface area contributed by atoms with Crippen molar-refractivity contribution in [2.24, 2.45) is 5.92 Å². The van der Waals surface area contributed by atoms with Gasteiger partial charge in [0.2, 0.25) is 0 Å². The van der Waals surface area contributed by atoms with Crippen LogP contribution in [-0.4, -0.2) is 0 Å². The molecular formula is C11H12ClN. The lowest BCUT2D eigenvalue weighted by Crippen LogP contribution is -1.98. The maximum Gasteiger partial charge on any atom is 0.0656 e. The molecular weight excluding hydrogens is 182 g/mol. The summed E-state index contributed by atoms with van der Waals surface area (Å²) in [6.45, 7) is 3.95. The molecule has 1 aromatic carbocycles. The van der Waals surface area contributed by atoms with E-state index in [1.165, 1.54) is 11.1 Å². The van der Waals surface area contributed by atoms with Gasteiger partial charge in [-0.3, -0.25) is 0 Å². The van der Waals surface area contributed by atoms with Crippen LogP contribution in [0.25, 0.3) is 0 Å². The Labute approximate surface area is 84.0 Å². The van der Waals surface area contributed by atoms with Crippen molar-refractivity contribution >= 4 is 11.6 Å². The van der Waals surface area contributed by atoms with Crippen molar-refractivity contribution in [1.29, 1.82) is 5.26 Å². The second-order valence-corrected chi connectivity index (χ2v) is 3.74. The zero-order chi connectivity index (χ0) is 9.84. The summed E-state index contributed by atoms with van der Waals surface area (Å²) in [6.07, 6.45) is 0.781. The average molecular weight is 194 g/mol. The lowest BCUT2D eigenvalue weighted by atomic mass is 9.99. The largest absolute Gasteiger partial charge is 0.198 e. The molecule has 0 N–H and O–H groups in total. The predicted molar refractivity (Wildman–Crippen MR) is 54.7 cm³/mol. The molecule has 0 aliphatic heterocycles. The summed E-state index contributed by atoms with van der Waals surface area (Å²) in [5, 5.41) is 9.41. The molecule has 0 spiro atoms. The van der Waals surface area contributed by atoms with Crippen molar-refractivity contribution in [2.45, 2.75) is 20.3 Å². The van der Waals surface area contributed by atoms with Crippen LogP contribution in [0.2, 0.25) is 5.02 Å². The van der Waals surface area contributed by atoms with Gasteiger partial charge in [0.05, 0.1) is 6.07 Å². The van der Waals surface area contributed by atoms with Crippen LogP contribution in [0, 0.1) is 24.2 Å². The minimum Gasteiger partial charge on any atom is -0.198 e. The van der Waals surface area contributed by atoms with E-state index in [4.69, 9.17) is 16.9 Å². The van der Waals surface area contributed by atoms with Crippen LogP contribution in [0.15, 0.2) is 18.2 Å². The SMILES string of the molecule is Cc1ccc(Cl)cc1CC(C)C#N. The van der Waals surface area contributed by atoms with Crippen LogP contribution < -0.4 is 0 Å². The molecule has 0 aliphatic rings. The van der Waals surface area contributed by atoms with Gasteiger partial charge in [0.15, 0.2) is 0 Å². The topological polar surface area (TPSA) is 23.8 Å². The number of halogens is 1. The molecule has 0 fully saturated rings. The molecule has 0 aromatic heterocycles. The number of benzene rings is 1. The Morgan fingerprint density at radius 3 is 2.85 bits per heavy atom. The maximum absolute atomic E-state index is 8.67. The smallest absolute Gasteiger partial charge is 0.0656 e. The molecule has 0 radical (unpaired) electrons. The Balaban J connectivity index is 2.88. The van der Waals surface area contributed by atoms with Crippen LogP contribution in [-0.2, 0) is 6.42 Å². The van der Waals surface area contributed by atoms with Crippen molar-refractivity contribution in [3.05, 3.63) is 34.3 Å². The molecule has 1 aromatic rings. The van der Waals surface area contributed by atoms with Crippen molar-refractivity contribution in [1.82, 2.24) is 0 Å². The quantitative estimate of drug-likeness (QED) is 0.707. The Morgan fingerprint density at radius 2 is 2.23 bits per heavy atom. The Kier molecular flexibility index (Phi) is 3.33. The minimum atomic E-state index is 0.0529. The van der Waals surface area contributed by atoms with Gasteiger partial charge in [0.25, 0.3) is 0 Å². The molecule has 13 heavy (non-hydrogen) atoms. The third kappa shape index (κ3) is 2.75. The van der Waals surface area contributed by atoms with Gasteiger partial charge in [-0.2, -0.15) is 5.26 Å². The number of rotatable bonds is 2. The van der Waals surface area contributed by atoms with Crippen LogP contribution in [0.4, 0.5) is 0 Å². The van der Waals surface area contributed by atoms with E-state index in [-0.39, 0.29) is 5.92 Å². The van der Waals surface area contributed by atoms with Gasteiger partial charge < -0.3 is 0 Å². The molecule has 0 amide bonds. The van der Waals surface area contributed by atoms with E-state index in [1.54, 1.807) is 0 Å². The summed E-state index contributed by atoms with van der Waals surface area (Å²) in [5.74, 6) is 0.0529. The summed E-state index contributed by atoms with van der Waals surface area (Å²) >= 11 is 5.86. The molecule has 0 saturated heterocycles. The number of nitrogens with zero attached hydrogens (tertiary/aromatic N) is 1. The van der Waals surface area contributed by atoms with E-state index in [9.17, 15) is 0 Å². The standard InChI is InChI=1S/C11H12ClN/c1-8(7-13)5-10-6-11(12)4-3-9(10)2/h3-4,6,8H,5H2,1-2H3. The summed E-state index contributed by atoms with van der Waals surface area (Å²) in [6, 6.07) is 8.01. The van der Waals surface area contributed by atoms with Crippen LogP contribution in [0.3, 0.4) is 0 Å². The third-order valence-electron chi connectivity index (χ3n) is 2.06. The van der Waals surface area contributed by atoms with Gasteiger partial charge >= 0.3 is 0 Å². The van der Waals surface area contributed by atoms with Gasteiger partial charge in [-0.25, -0.2) is 0 Å². The van der Waals surface area contributed by atoms with Crippen molar-refractivity contribution in [3.63, 3.8) is 0 Å². The zero-order valence-electron chi connectivity index (χ0n) is 7.84. The van der Waals surface area contributed by atoms with Gasteiger partial charge in [-0.1, -0.05) is 17.7 Å². The molecule has 0 aliphatic carbocycles. The van der Waals surface area contributed by atoms with Crippen molar-refractivity contribution in [2.75, 3.05) is 0 Å². The van der Waals surface area contributed by atoms with E-state index in [2.05, 4.69) is 6.07 Å². The van der Waals surface area contributed by atoms with Crippen LogP contribution in [0.1, 0.15) is 18.1 Å². The molecule has 0 bridgehead atoms. The number of hydrogen-bond acceptors (Lipinski definition) is 1. The maximum atomic E-state index is 8.67. The number of hydrogen-bond donors (Lipinski definition) is 0. The van der Waals surface area contributed by atoms with E-state index < -0.39 is 0 Å². The van der Waals surface area contributed by atoms with E-state index in [0.29, 0.717) is 0 Å². The molecule has 68 valence electrons. The fraction of sp³-hybridized carbons (Fsp3) is 0.364. The highest BCUT2D eigenvalue weighted by Gasteiger charge is 2.04. The first-order valence-electron chi connectivity index (χ1n) is 4.28. The second-order valence-electron chi connectivity index (χ2n) is 3.31. The highest BCUT2D eigenvalue weighted by molar-refractivity contribution is 6.30. The zero-order valence-corrected chi connectivity index (χ0v) is 8.60. The second kappa shape index (κ2) is 4.30. The first-order valence-corrected chi connectivity index (χ1v) is 4.66. The number of aryl methyl sites for hydroxylation is 1. The summed E-state index contributed by atoms with van der Waals surface area (Å²) in [5.41, 5.74) is 2.37. The molecule has 1 unspecified atom stereocenters. The highest BCUT2D eigenvalue weighted by Crippen LogP contribution is 2.18.